The molecule has 0 amide bonds. The molecular formula is C50H86NO10P. The van der Waals surface area contributed by atoms with Gasteiger partial charge in [-0.25, -0.2) is 4.57 Å². The van der Waals surface area contributed by atoms with Crippen LogP contribution in [0, 0.1) is 0 Å². The highest BCUT2D eigenvalue weighted by atomic mass is 31.2. The van der Waals surface area contributed by atoms with Crippen LogP contribution in [0.5, 0.6) is 0 Å². The molecular weight excluding hydrogens is 806 g/mol. The molecule has 0 aliphatic heterocycles. The predicted molar refractivity (Wildman–Crippen MR) is 254 cm³/mol. The fourth-order valence-corrected chi connectivity index (χ4v) is 6.91. The van der Waals surface area contributed by atoms with Gasteiger partial charge in [0, 0.05) is 12.8 Å². The molecule has 62 heavy (non-hydrogen) atoms. The number of aliphatic carboxylic acids is 1. The second-order valence-corrected chi connectivity index (χ2v) is 17.3. The van der Waals surface area contributed by atoms with Crippen molar-refractivity contribution in [2.75, 3.05) is 19.8 Å². The number of esters is 2. The topological polar surface area (TPSA) is 172 Å². The summed E-state index contributed by atoms with van der Waals surface area (Å²) in [5, 5.41) is 8.91. The molecule has 0 aromatic heterocycles. The van der Waals surface area contributed by atoms with Gasteiger partial charge in [0.25, 0.3) is 0 Å². The van der Waals surface area contributed by atoms with Gasteiger partial charge in [-0.1, -0.05) is 164 Å². The average molecular weight is 892 g/mol. The quantitative estimate of drug-likeness (QED) is 0.0230. The molecule has 4 N–H and O–H groups in total. The monoisotopic (exact) mass is 892 g/mol. The summed E-state index contributed by atoms with van der Waals surface area (Å²) in [6, 6.07) is -1.53. The van der Waals surface area contributed by atoms with Crippen LogP contribution >= 0.6 is 7.82 Å². The number of unbranched alkanes of at least 4 members (excludes halogenated alkanes) is 18. The van der Waals surface area contributed by atoms with Crippen molar-refractivity contribution >= 4 is 25.7 Å². The minimum Gasteiger partial charge on any atom is -0.480 e. The summed E-state index contributed by atoms with van der Waals surface area (Å²) in [6.07, 6.45) is 53.8. The van der Waals surface area contributed by atoms with Crippen LogP contribution in [0.2, 0.25) is 0 Å². The molecule has 0 saturated heterocycles. The largest absolute Gasteiger partial charge is 0.480 e. The fourth-order valence-electron chi connectivity index (χ4n) is 6.14. The van der Waals surface area contributed by atoms with Crippen molar-refractivity contribution < 1.29 is 47.5 Å². The maximum Gasteiger partial charge on any atom is 0.472 e. The Morgan fingerprint density at radius 3 is 1.27 bits per heavy atom. The Labute approximate surface area is 376 Å². The van der Waals surface area contributed by atoms with Crippen molar-refractivity contribution in [1.82, 2.24) is 0 Å². The van der Waals surface area contributed by atoms with Crippen molar-refractivity contribution in [3.05, 3.63) is 72.9 Å². The molecule has 0 saturated carbocycles. The van der Waals surface area contributed by atoms with E-state index >= 15 is 0 Å². The van der Waals surface area contributed by atoms with Crippen LogP contribution in [0.25, 0.3) is 0 Å². The second-order valence-electron chi connectivity index (χ2n) is 15.9. The smallest absolute Gasteiger partial charge is 0.472 e. The van der Waals surface area contributed by atoms with Crippen molar-refractivity contribution in [1.29, 1.82) is 0 Å². The minimum absolute atomic E-state index is 0.140. The first-order valence-electron chi connectivity index (χ1n) is 24.0. The molecule has 11 nitrogen and oxygen atoms in total. The van der Waals surface area contributed by atoms with Gasteiger partial charge in [0.05, 0.1) is 13.2 Å². The van der Waals surface area contributed by atoms with Gasteiger partial charge in [-0.3, -0.25) is 23.4 Å². The van der Waals surface area contributed by atoms with Crippen LogP contribution in [0.3, 0.4) is 0 Å². The number of allylic oxidation sites excluding steroid dienone is 12. The van der Waals surface area contributed by atoms with Crippen LogP contribution in [0.15, 0.2) is 72.9 Å². The summed E-state index contributed by atoms with van der Waals surface area (Å²) in [5.41, 5.74) is 5.34. The van der Waals surface area contributed by atoms with Crippen molar-refractivity contribution in [3.8, 4) is 0 Å². The van der Waals surface area contributed by atoms with Crippen LogP contribution in [-0.2, 0) is 37.5 Å². The van der Waals surface area contributed by atoms with E-state index in [0.717, 1.165) is 103 Å². The van der Waals surface area contributed by atoms with Gasteiger partial charge < -0.3 is 25.2 Å². The molecule has 0 fully saturated rings. The number of carboxylic acid groups (broad SMARTS) is 1. The highest BCUT2D eigenvalue weighted by Crippen LogP contribution is 2.43. The molecule has 0 radical (unpaired) electrons. The Balaban J connectivity index is 4.37. The summed E-state index contributed by atoms with van der Waals surface area (Å²) in [7, 11) is -4.73. The van der Waals surface area contributed by atoms with Gasteiger partial charge in [0.15, 0.2) is 6.10 Å². The number of hydrogen-bond acceptors (Lipinski definition) is 9. The first-order valence-corrected chi connectivity index (χ1v) is 25.5. The van der Waals surface area contributed by atoms with Crippen molar-refractivity contribution in [2.24, 2.45) is 5.73 Å². The fraction of sp³-hybridized carbons (Fsp3) is 0.700. The highest BCUT2D eigenvalue weighted by molar-refractivity contribution is 7.47. The number of rotatable bonds is 44. The number of phosphoric ester groups is 1. The molecule has 0 aromatic rings. The maximum atomic E-state index is 12.7. The van der Waals surface area contributed by atoms with Gasteiger partial charge in [-0.15, -0.1) is 0 Å². The predicted octanol–water partition coefficient (Wildman–Crippen LogP) is 13.3. The third kappa shape index (κ3) is 43.6. The molecule has 0 aliphatic carbocycles. The molecule has 356 valence electrons. The van der Waals surface area contributed by atoms with Gasteiger partial charge >= 0.3 is 25.7 Å². The van der Waals surface area contributed by atoms with E-state index in [2.05, 4.69) is 91.3 Å². The lowest BCUT2D eigenvalue weighted by Crippen LogP contribution is -2.34. The summed E-state index contributed by atoms with van der Waals surface area (Å²) in [6.45, 7) is 2.73. The van der Waals surface area contributed by atoms with E-state index in [4.69, 9.17) is 24.8 Å². The van der Waals surface area contributed by atoms with Gasteiger partial charge in [0.2, 0.25) is 0 Å². The summed E-state index contributed by atoms with van der Waals surface area (Å²) >= 11 is 0. The second kappa shape index (κ2) is 44.5. The molecule has 3 unspecified atom stereocenters. The van der Waals surface area contributed by atoms with Crippen LogP contribution in [0.1, 0.15) is 194 Å². The van der Waals surface area contributed by atoms with Crippen LogP contribution < -0.4 is 5.73 Å². The Bertz CT molecular complexity index is 1320. The molecule has 0 spiro atoms. The minimum atomic E-state index is -4.73. The summed E-state index contributed by atoms with van der Waals surface area (Å²) in [4.78, 5) is 46.1. The lowest BCUT2D eigenvalue weighted by molar-refractivity contribution is -0.161. The van der Waals surface area contributed by atoms with E-state index in [1.54, 1.807) is 0 Å². The number of carbonyl (C=O) groups is 3. The normalized spacial score (nSPS) is 14.3. The summed E-state index contributed by atoms with van der Waals surface area (Å²) in [5.74, 6) is -2.42. The Morgan fingerprint density at radius 2 is 0.855 bits per heavy atom. The van der Waals surface area contributed by atoms with Crippen LogP contribution in [-0.4, -0.2) is 59.9 Å². The average Bonchev–Trinajstić information content (AvgIpc) is 3.25. The lowest BCUT2D eigenvalue weighted by Gasteiger charge is -2.20. The number of hydrogen-bond donors (Lipinski definition) is 3. The van der Waals surface area contributed by atoms with Gasteiger partial charge in [-0.05, 0) is 89.9 Å². The van der Waals surface area contributed by atoms with Crippen molar-refractivity contribution in [3.63, 3.8) is 0 Å². The summed E-state index contributed by atoms with van der Waals surface area (Å²) < 4.78 is 32.8. The zero-order valence-electron chi connectivity index (χ0n) is 38.7. The molecule has 12 heteroatoms. The van der Waals surface area contributed by atoms with Gasteiger partial charge in [-0.2, -0.15) is 0 Å². The standard InChI is InChI=1S/C50H86NO10P/c1-3-5-7-9-11-13-15-17-19-21-23-25-27-29-31-33-35-37-39-41-48(52)58-43-46(44-59-62(56,57)60-45-47(51)50(54)55)61-49(53)42-40-38-36-34-32-30-28-26-24-22-20-18-16-14-12-10-8-6-4-2/h11-14,17-20,23-26,46-47H,3-10,15-16,21-22,27-45,51H2,1-2H3,(H,54,55)(H,56,57)/b13-11-,14-12-,19-17-,20-18-,25-23-,26-24-. The van der Waals surface area contributed by atoms with Gasteiger partial charge in [0.1, 0.15) is 12.6 Å². The highest BCUT2D eigenvalue weighted by Gasteiger charge is 2.28. The van der Waals surface area contributed by atoms with E-state index < -0.39 is 51.1 Å². The van der Waals surface area contributed by atoms with E-state index in [1.165, 1.54) is 51.4 Å². The third-order valence-corrected chi connectivity index (χ3v) is 10.9. The van der Waals surface area contributed by atoms with E-state index in [1.807, 2.05) is 0 Å². The zero-order chi connectivity index (χ0) is 45.6. The first-order chi connectivity index (χ1) is 30.1. The Kier molecular flexibility index (Phi) is 42.3. The maximum absolute atomic E-state index is 12.7. The molecule has 0 aromatic carbocycles. The molecule has 0 rings (SSSR count). The molecule has 0 bridgehead atoms. The number of nitrogens with two attached hydrogens (primary N) is 1. The Morgan fingerprint density at radius 1 is 0.500 bits per heavy atom. The lowest BCUT2D eigenvalue weighted by atomic mass is 10.1. The molecule has 3 atom stereocenters. The zero-order valence-corrected chi connectivity index (χ0v) is 39.6. The number of carboxylic acids is 1. The van der Waals surface area contributed by atoms with Crippen LogP contribution in [0.4, 0.5) is 0 Å². The van der Waals surface area contributed by atoms with E-state index in [9.17, 15) is 23.8 Å². The molecule has 0 aliphatic rings. The van der Waals surface area contributed by atoms with E-state index in [0.29, 0.717) is 12.8 Å². The number of carbonyl (C=O) groups excluding carboxylic acids is 2. The Hall–Kier alpha value is -3.08. The number of ether oxygens (including phenoxy) is 2. The first kappa shape index (κ1) is 58.9. The SMILES string of the molecule is CCCCC/C=C\C/C=C\C/C=C\CCCCCCCCC(=O)OCC(COP(=O)(O)OCC(N)C(=O)O)OC(=O)CCCCCCCC/C=C\C/C=C\C/C=C\CCCCC. The number of phosphoric acid groups is 1. The van der Waals surface area contributed by atoms with Crippen molar-refractivity contribution in [2.45, 2.75) is 206 Å². The third-order valence-electron chi connectivity index (χ3n) is 9.93. The van der Waals surface area contributed by atoms with E-state index in [-0.39, 0.29) is 19.4 Å². The molecule has 0 heterocycles.